The molecule has 0 N–H and O–H groups in total. The molecule has 2 rings (SSSR count). The van der Waals surface area contributed by atoms with Crippen molar-refractivity contribution in [2.75, 3.05) is 0 Å². The van der Waals surface area contributed by atoms with Gasteiger partial charge in [0.05, 0.1) is 5.39 Å². The van der Waals surface area contributed by atoms with Gasteiger partial charge in [-0.05, 0) is 13.0 Å². The maximum absolute atomic E-state index is 5.88. The van der Waals surface area contributed by atoms with E-state index < -0.39 is 0 Å². The van der Waals surface area contributed by atoms with Crippen molar-refractivity contribution in [3.8, 4) is 0 Å². The Balaban J connectivity index is 2.95. The van der Waals surface area contributed by atoms with Gasteiger partial charge in [0.25, 0.3) is 0 Å². The molecule has 2 aromatic rings. The molecule has 0 saturated carbocycles. The molecule has 0 radical (unpaired) electrons. The van der Waals surface area contributed by atoms with Gasteiger partial charge in [0, 0.05) is 12.7 Å². The van der Waals surface area contributed by atoms with Gasteiger partial charge in [0.1, 0.15) is 17.1 Å². The van der Waals surface area contributed by atoms with Crippen molar-refractivity contribution in [1.82, 2.24) is 14.5 Å². The third-order valence-electron chi connectivity index (χ3n) is 2.01. The van der Waals surface area contributed by atoms with Crippen LogP contribution in [0.2, 0.25) is 5.15 Å². The van der Waals surface area contributed by atoms with E-state index in [4.69, 9.17) is 11.6 Å². The Hall–Kier alpha value is -1.09. The minimum Gasteiger partial charge on any atom is -0.333 e. The van der Waals surface area contributed by atoms with Crippen molar-refractivity contribution in [1.29, 1.82) is 0 Å². The van der Waals surface area contributed by atoms with Gasteiger partial charge in [-0.25, -0.2) is 9.97 Å². The molecule has 0 spiro atoms. The third kappa shape index (κ3) is 0.898. The normalized spacial score (nSPS) is 10.9. The molecule has 3 nitrogen and oxygen atoms in total. The van der Waals surface area contributed by atoms with Crippen molar-refractivity contribution >= 4 is 22.6 Å². The lowest BCUT2D eigenvalue weighted by molar-refractivity contribution is 0.899. The molecule has 2 heterocycles. The Bertz CT molecular complexity index is 433. The quantitative estimate of drug-likeness (QED) is 0.582. The van der Waals surface area contributed by atoms with E-state index in [1.165, 1.54) is 6.33 Å². The molecule has 0 aromatic carbocycles. The van der Waals surface area contributed by atoms with E-state index in [0.717, 1.165) is 16.7 Å². The summed E-state index contributed by atoms with van der Waals surface area (Å²) >= 11 is 5.88. The highest BCUT2D eigenvalue weighted by Gasteiger charge is 2.06. The maximum atomic E-state index is 5.88. The Labute approximate surface area is 75.0 Å². The van der Waals surface area contributed by atoms with Crippen molar-refractivity contribution < 1.29 is 0 Å². The third-order valence-corrected chi connectivity index (χ3v) is 2.32. The number of fused-ring (bicyclic) bond motifs is 1. The predicted molar refractivity (Wildman–Crippen MR) is 48.3 cm³/mol. The average Bonchev–Trinajstić information content (AvgIpc) is 2.32. The minimum atomic E-state index is 0.517. The smallest absolute Gasteiger partial charge is 0.144 e. The first kappa shape index (κ1) is 7.55. The number of halogens is 1. The van der Waals surface area contributed by atoms with Crippen LogP contribution in [0.1, 0.15) is 5.69 Å². The molecular weight excluding hydrogens is 174 g/mol. The molecule has 0 aliphatic carbocycles. The number of hydrogen-bond acceptors (Lipinski definition) is 2. The van der Waals surface area contributed by atoms with Crippen LogP contribution in [-0.2, 0) is 7.05 Å². The first-order valence-corrected chi connectivity index (χ1v) is 4.00. The molecule has 4 heteroatoms. The molecule has 12 heavy (non-hydrogen) atoms. The number of nitrogens with zero attached hydrogens (tertiary/aromatic N) is 3. The van der Waals surface area contributed by atoms with Crippen molar-refractivity contribution in [2.24, 2.45) is 7.05 Å². The number of aryl methyl sites for hydroxylation is 2. The average molecular weight is 182 g/mol. The van der Waals surface area contributed by atoms with Gasteiger partial charge >= 0.3 is 0 Å². The van der Waals surface area contributed by atoms with Gasteiger partial charge < -0.3 is 4.57 Å². The van der Waals surface area contributed by atoms with Crippen LogP contribution in [0.5, 0.6) is 0 Å². The molecule has 0 aliphatic rings. The van der Waals surface area contributed by atoms with Gasteiger partial charge in [-0.2, -0.15) is 0 Å². The van der Waals surface area contributed by atoms with Crippen molar-refractivity contribution in [3.63, 3.8) is 0 Å². The lowest BCUT2D eigenvalue weighted by Gasteiger charge is -1.96. The SMILES string of the molecule is Cc1cc2c(Cl)ncnc2n1C. The van der Waals surface area contributed by atoms with Crippen molar-refractivity contribution in [3.05, 3.63) is 23.2 Å². The highest BCUT2D eigenvalue weighted by Crippen LogP contribution is 2.21. The standard InChI is InChI=1S/C8H8ClN3/c1-5-3-6-7(9)10-4-11-8(6)12(5)2/h3-4H,1-2H3. The molecule has 62 valence electrons. The second-order valence-electron chi connectivity index (χ2n) is 2.75. The second-order valence-corrected chi connectivity index (χ2v) is 3.10. The zero-order valence-electron chi connectivity index (χ0n) is 6.87. The number of hydrogen-bond donors (Lipinski definition) is 0. The largest absolute Gasteiger partial charge is 0.333 e. The molecule has 0 atom stereocenters. The Kier molecular flexibility index (Phi) is 1.54. The van der Waals surface area contributed by atoms with Crippen LogP contribution in [0.15, 0.2) is 12.4 Å². The summed E-state index contributed by atoms with van der Waals surface area (Å²) in [5, 5.41) is 1.43. The summed E-state index contributed by atoms with van der Waals surface area (Å²) in [4.78, 5) is 8.03. The van der Waals surface area contributed by atoms with Crippen LogP contribution < -0.4 is 0 Å². The first-order valence-electron chi connectivity index (χ1n) is 3.62. The van der Waals surface area contributed by atoms with Crippen LogP contribution >= 0.6 is 11.6 Å². The molecule has 0 amide bonds. The van der Waals surface area contributed by atoms with E-state index in [1.54, 1.807) is 0 Å². The van der Waals surface area contributed by atoms with Crippen LogP contribution in [0.4, 0.5) is 0 Å². The van der Waals surface area contributed by atoms with Crippen molar-refractivity contribution in [2.45, 2.75) is 6.92 Å². The highest BCUT2D eigenvalue weighted by atomic mass is 35.5. The summed E-state index contributed by atoms with van der Waals surface area (Å²) in [6.07, 6.45) is 1.48. The molecule has 0 unspecified atom stereocenters. The van der Waals surface area contributed by atoms with E-state index in [9.17, 15) is 0 Å². The Morgan fingerprint density at radius 2 is 2.17 bits per heavy atom. The summed E-state index contributed by atoms with van der Waals surface area (Å²) in [7, 11) is 1.96. The molecule has 0 aliphatic heterocycles. The second kappa shape index (κ2) is 2.45. The maximum Gasteiger partial charge on any atom is 0.144 e. The zero-order chi connectivity index (χ0) is 8.72. The highest BCUT2D eigenvalue weighted by molar-refractivity contribution is 6.33. The summed E-state index contributed by atoms with van der Waals surface area (Å²) in [6, 6.07) is 1.98. The van der Waals surface area contributed by atoms with E-state index in [-0.39, 0.29) is 0 Å². The van der Waals surface area contributed by atoms with Gasteiger partial charge in [0.15, 0.2) is 0 Å². The Morgan fingerprint density at radius 3 is 2.83 bits per heavy atom. The monoisotopic (exact) mass is 181 g/mol. The summed E-state index contributed by atoms with van der Waals surface area (Å²) in [5.74, 6) is 0. The lowest BCUT2D eigenvalue weighted by atomic mass is 10.4. The molecule has 0 saturated heterocycles. The fraction of sp³-hybridized carbons (Fsp3) is 0.250. The van der Waals surface area contributed by atoms with Gasteiger partial charge in [-0.1, -0.05) is 11.6 Å². The van der Waals surface area contributed by atoms with E-state index in [1.807, 2.05) is 24.6 Å². The molecule has 0 bridgehead atoms. The summed E-state index contributed by atoms with van der Waals surface area (Å²) in [5.41, 5.74) is 2.01. The molecular formula is C8H8ClN3. The predicted octanol–water partition coefficient (Wildman–Crippen LogP) is 1.93. The molecule has 0 fully saturated rings. The van der Waals surface area contributed by atoms with Crippen LogP contribution in [0.25, 0.3) is 11.0 Å². The minimum absolute atomic E-state index is 0.517. The Morgan fingerprint density at radius 1 is 1.42 bits per heavy atom. The summed E-state index contributed by atoms with van der Waals surface area (Å²) in [6.45, 7) is 2.01. The van der Waals surface area contributed by atoms with Crippen LogP contribution in [0.3, 0.4) is 0 Å². The van der Waals surface area contributed by atoms with E-state index in [2.05, 4.69) is 9.97 Å². The van der Waals surface area contributed by atoms with Gasteiger partial charge in [-0.3, -0.25) is 0 Å². The van der Waals surface area contributed by atoms with Crippen LogP contribution in [0, 0.1) is 6.92 Å². The lowest BCUT2D eigenvalue weighted by Crippen LogP contribution is -1.91. The zero-order valence-corrected chi connectivity index (χ0v) is 7.63. The van der Waals surface area contributed by atoms with E-state index in [0.29, 0.717) is 5.15 Å². The van der Waals surface area contributed by atoms with Crippen LogP contribution in [-0.4, -0.2) is 14.5 Å². The van der Waals surface area contributed by atoms with Gasteiger partial charge in [0.2, 0.25) is 0 Å². The topological polar surface area (TPSA) is 30.7 Å². The van der Waals surface area contributed by atoms with E-state index >= 15 is 0 Å². The molecule has 2 aromatic heterocycles. The summed E-state index contributed by atoms with van der Waals surface area (Å²) < 4.78 is 1.99. The van der Waals surface area contributed by atoms with Gasteiger partial charge in [-0.15, -0.1) is 0 Å². The fourth-order valence-corrected chi connectivity index (χ4v) is 1.41. The first-order chi connectivity index (χ1) is 5.70. The number of rotatable bonds is 0. The fourth-order valence-electron chi connectivity index (χ4n) is 1.23. The number of aromatic nitrogens is 3.